The van der Waals surface area contributed by atoms with Crippen LogP contribution in [0.15, 0.2) is 35.3 Å². The standard InChI is InChI=1S/C21H27NO/c1-21(2)14-23-20(22-21)17-10-5-9-16(13-17)19-12-6-8-15-7-3-4-11-18(15)19/h5,9-10,12-13,15,18H,3-4,6-8,11,14H2,1-2H3. The minimum atomic E-state index is -0.0933. The highest BCUT2D eigenvalue weighted by molar-refractivity contribution is 5.96. The highest BCUT2D eigenvalue weighted by Crippen LogP contribution is 2.45. The third-order valence-electron chi connectivity index (χ3n) is 5.62. The summed E-state index contributed by atoms with van der Waals surface area (Å²) in [6.45, 7) is 4.93. The maximum absolute atomic E-state index is 5.83. The third kappa shape index (κ3) is 2.96. The molecule has 2 nitrogen and oxygen atoms in total. The molecule has 1 aliphatic heterocycles. The summed E-state index contributed by atoms with van der Waals surface area (Å²) < 4.78 is 5.83. The van der Waals surface area contributed by atoms with Gasteiger partial charge < -0.3 is 4.74 Å². The van der Waals surface area contributed by atoms with Gasteiger partial charge in [-0.15, -0.1) is 0 Å². The van der Waals surface area contributed by atoms with Gasteiger partial charge in [0, 0.05) is 5.56 Å². The Morgan fingerprint density at radius 1 is 1.09 bits per heavy atom. The number of nitrogens with zero attached hydrogens (tertiary/aromatic N) is 1. The van der Waals surface area contributed by atoms with E-state index in [-0.39, 0.29) is 5.54 Å². The zero-order valence-corrected chi connectivity index (χ0v) is 14.3. The van der Waals surface area contributed by atoms with Gasteiger partial charge in [-0.25, -0.2) is 4.99 Å². The number of ether oxygens (including phenoxy) is 1. The molecule has 0 saturated heterocycles. The average molecular weight is 309 g/mol. The Labute approximate surface area is 139 Å². The zero-order chi connectivity index (χ0) is 15.9. The molecule has 2 unspecified atom stereocenters. The summed E-state index contributed by atoms with van der Waals surface area (Å²) in [6.07, 6.45) is 10.7. The van der Waals surface area contributed by atoms with E-state index >= 15 is 0 Å². The molecule has 1 heterocycles. The first-order valence-corrected chi connectivity index (χ1v) is 9.16. The molecule has 0 spiro atoms. The van der Waals surface area contributed by atoms with Crippen molar-refractivity contribution < 1.29 is 4.74 Å². The second-order valence-electron chi connectivity index (χ2n) is 7.99. The van der Waals surface area contributed by atoms with E-state index < -0.39 is 0 Å². The van der Waals surface area contributed by atoms with Crippen molar-refractivity contribution in [3.8, 4) is 0 Å². The van der Waals surface area contributed by atoms with Crippen molar-refractivity contribution in [1.82, 2.24) is 0 Å². The van der Waals surface area contributed by atoms with Gasteiger partial charge in [-0.2, -0.15) is 0 Å². The number of aliphatic imine (C=N–C) groups is 1. The van der Waals surface area contributed by atoms with Crippen LogP contribution < -0.4 is 0 Å². The fourth-order valence-electron chi connectivity index (χ4n) is 4.46. The van der Waals surface area contributed by atoms with E-state index in [1.54, 1.807) is 5.57 Å². The molecule has 2 heteroatoms. The molecule has 1 aromatic carbocycles. The van der Waals surface area contributed by atoms with Crippen molar-refractivity contribution in [2.75, 3.05) is 6.61 Å². The third-order valence-corrected chi connectivity index (χ3v) is 5.62. The summed E-state index contributed by atoms with van der Waals surface area (Å²) in [5, 5.41) is 0. The smallest absolute Gasteiger partial charge is 0.216 e. The second kappa shape index (κ2) is 5.81. The van der Waals surface area contributed by atoms with E-state index in [1.807, 2.05) is 0 Å². The largest absolute Gasteiger partial charge is 0.475 e. The molecule has 3 aliphatic rings. The van der Waals surface area contributed by atoms with Crippen LogP contribution in [0.3, 0.4) is 0 Å². The lowest BCUT2D eigenvalue weighted by atomic mass is 9.68. The van der Waals surface area contributed by atoms with Gasteiger partial charge in [0.2, 0.25) is 5.90 Å². The van der Waals surface area contributed by atoms with Crippen molar-refractivity contribution >= 4 is 11.5 Å². The average Bonchev–Trinajstić information content (AvgIpc) is 2.94. The minimum Gasteiger partial charge on any atom is -0.475 e. The molecular weight excluding hydrogens is 282 g/mol. The molecule has 0 amide bonds. The lowest BCUT2D eigenvalue weighted by molar-refractivity contribution is 0.269. The van der Waals surface area contributed by atoms with Gasteiger partial charge in [0.25, 0.3) is 0 Å². The number of rotatable bonds is 2. The fourth-order valence-corrected chi connectivity index (χ4v) is 4.46. The van der Waals surface area contributed by atoms with Crippen LogP contribution in [0, 0.1) is 11.8 Å². The summed E-state index contributed by atoms with van der Waals surface area (Å²) >= 11 is 0. The van der Waals surface area contributed by atoms with E-state index in [1.165, 1.54) is 44.1 Å². The molecule has 122 valence electrons. The predicted molar refractivity (Wildman–Crippen MR) is 95.7 cm³/mol. The molecule has 23 heavy (non-hydrogen) atoms. The molecule has 1 fully saturated rings. The molecular formula is C21H27NO. The topological polar surface area (TPSA) is 21.6 Å². The molecule has 0 aromatic heterocycles. The van der Waals surface area contributed by atoms with Gasteiger partial charge in [-0.05, 0) is 74.6 Å². The van der Waals surface area contributed by atoms with Gasteiger partial charge in [0.15, 0.2) is 0 Å². The highest BCUT2D eigenvalue weighted by atomic mass is 16.5. The van der Waals surface area contributed by atoms with E-state index in [4.69, 9.17) is 9.73 Å². The van der Waals surface area contributed by atoms with Crippen LogP contribution in [0.2, 0.25) is 0 Å². The van der Waals surface area contributed by atoms with Crippen molar-refractivity contribution in [2.45, 2.75) is 57.9 Å². The Morgan fingerprint density at radius 3 is 2.74 bits per heavy atom. The maximum Gasteiger partial charge on any atom is 0.216 e. The summed E-state index contributed by atoms with van der Waals surface area (Å²) in [5.74, 6) is 2.50. The SMILES string of the molecule is CC1(C)COC(c2cccc(C3=CCCC4CCCCC34)c2)=N1. The second-order valence-corrected chi connectivity index (χ2v) is 7.99. The number of hydrogen-bond donors (Lipinski definition) is 0. The summed E-state index contributed by atoms with van der Waals surface area (Å²) in [6, 6.07) is 8.86. The normalized spacial score (nSPS) is 29.3. The van der Waals surface area contributed by atoms with Crippen molar-refractivity contribution in [1.29, 1.82) is 0 Å². The summed E-state index contributed by atoms with van der Waals surface area (Å²) in [4.78, 5) is 4.73. The Balaban J connectivity index is 1.65. The van der Waals surface area contributed by atoms with Crippen LogP contribution in [0.4, 0.5) is 0 Å². The Kier molecular flexibility index (Phi) is 3.79. The number of allylic oxidation sites excluding steroid dienone is 2. The first-order chi connectivity index (χ1) is 11.1. The van der Waals surface area contributed by atoms with Crippen LogP contribution >= 0.6 is 0 Å². The van der Waals surface area contributed by atoms with Crippen LogP contribution in [0.25, 0.3) is 5.57 Å². The van der Waals surface area contributed by atoms with E-state index in [9.17, 15) is 0 Å². The van der Waals surface area contributed by atoms with Gasteiger partial charge in [0.05, 0.1) is 5.54 Å². The molecule has 0 radical (unpaired) electrons. The molecule has 1 saturated carbocycles. The van der Waals surface area contributed by atoms with Crippen LogP contribution in [0.1, 0.15) is 63.5 Å². The van der Waals surface area contributed by atoms with E-state index in [0.717, 1.165) is 23.3 Å². The highest BCUT2D eigenvalue weighted by Gasteiger charge is 2.31. The Morgan fingerprint density at radius 2 is 1.91 bits per heavy atom. The van der Waals surface area contributed by atoms with Crippen LogP contribution in [0.5, 0.6) is 0 Å². The van der Waals surface area contributed by atoms with E-state index in [0.29, 0.717) is 6.61 Å². The van der Waals surface area contributed by atoms with Crippen molar-refractivity contribution in [3.05, 3.63) is 41.5 Å². The minimum absolute atomic E-state index is 0.0933. The molecule has 0 N–H and O–H groups in total. The number of fused-ring (bicyclic) bond motifs is 1. The van der Waals surface area contributed by atoms with Crippen LogP contribution in [-0.4, -0.2) is 18.0 Å². The molecule has 2 aliphatic carbocycles. The maximum atomic E-state index is 5.83. The molecule has 1 aromatic rings. The zero-order valence-electron chi connectivity index (χ0n) is 14.3. The lowest BCUT2D eigenvalue weighted by Crippen LogP contribution is -2.23. The monoisotopic (exact) mass is 309 g/mol. The Hall–Kier alpha value is -1.57. The van der Waals surface area contributed by atoms with Gasteiger partial charge in [-0.3, -0.25) is 0 Å². The predicted octanol–water partition coefficient (Wildman–Crippen LogP) is 5.23. The number of hydrogen-bond acceptors (Lipinski definition) is 2. The van der Waals surface area contributed by atoms with Gasteiger partial charge >= 0.3 is 0 Å². The summed E-state index contributed by atoms with van der Waals surface area (Å²) in [5.41, 5.74) is 4.01. The number of benzene rings is 1. The Bertz CT molecular complexity index is 656. The van der Waals surface area contributed by atoms with Crippen molar-refractivity contribution in [3.63, 3.8) is 0 Å². The van der Waals surface area contributed by atoms with Crippen molar-refractivity contribution in [2.24, 2.45) is 16.8 Å². The molecule has 4 rings (SSSR count). The van der Waals surface area contributed by atoms with Gasteiger partial charge in [-0.1, -0.05) is 31.1 Å². The van der Waals surface area contributed by atoms with Gasteiger partial charge in [0.1, 0.15) is 6.61 Å². The molecule has 0 bridgehead atoms. The summed E-state index contributed by atoms with van der Waals surface area (Å²) in [7, 11) is 0. The van der Waals surface area contributed by atoms with E-state index in [2.05, 4.69) is 44.2 Å². The molecule has 2 atom stereocenters. The first kappa shape index (κ1) is 15.0. The lowest BCUT2D eigenvalue weighted by Gasteiger charge is -2.36. The first-order valence-electron chi connectivity index (χ1n) is 9.16. The quantitative estimate of drug-likeness (QED) is 0.733. The fraction of sp³-hybridized carbons (Fsp3) is 0.571. The van der Waals surface area contributed by atoms with Crippen LogP contribution in [-0.2, 0) is 4.74 Å².